The first kappa shape index (κ1) is 14.2. The van der Waals surface area contributed by atoms with Crippen LogP contribution in [0.15, 0.2) is 29.3 Å². The third-order valence-corrected chi connectivity index (χ3v) is 3.41. The smallest absolute Gasteiger partial charge is 0.331 e. The number of carbonyl (C=O) groups is 2. The molecule has 20 heavy (non-hydrogen) atoms. The average molecular weight is 278 g/mol. The zero-order chi connectivity index (χ0) is 14.7. The summed E-state index contributed by atoms with van der Waals surface area (Å²) in [6.07, 6.45) is 2.28. The van der Waals surface area contributed by atoms with Gasteiger partial charge in [0.25, 0.3) is 0 Å². The lowest BCUT2D eigenvalue weighted by Gasteiger charge is -2.17. The molecule has 1 aromatic rings. The summed E-state index contributed by atoms with van der Waals surface area (Å²) >= 11 is 0. The highest BCUT2D eigenvalue weighted by atomic mass is 19.1. The fraction of sp³-hybridized carbons (Fsp3) is 0.333. The fourth-order valence-electron chi connectivity index (χ4n) is 2.41. The topological polar surface area (TPSA) is 63.6 Å². The molecule has 0 spiro atoms. The normalized spacial score (nSPS) is 15.1. The maximum absolute atomic E-state index is 13.3. The van der Waals surface area contributed by atoms with Crippen molar-refractivity contribution in [3.8, 4) is 5.75 Å². The van der Waals surface area contributed by atoms with E-state index in [2.05, 4.69) is 0 Å². The molecule has 1 N–H and O–H groups in total. The Kier molecular flexibility index (Phi) is 4.17. The predicted molar refractivity (Wildman–Crippen MR) is 70.4 cm³/mol. The monoisotopic (exact) mass is 278 g/mol. The molecule has 1 aliphatic carbocycles. The number of rotatable bonds is 4. The molecule has 0 radical (unpaired) electrons. The molecule has 1 aromatic carbocycles. The highest BCUT2D eigenvalue weighted by Gasteiger charge is 2.26. The molecule has 5 heteroatoms. The Balaban J connectivity index is 2.49. The summed E-state index contributed by atoms with van der Waals surface area (Å²) in [5, 5.41) is 9.17. The van der Waals surface area contributed by atoms with Gasteiger partial charge in [-0.15, -0.1) is 0 Å². The van der Waals surface area contributed by atoms with E-state index in [1.807, 2.05) is 0 Å². The van der Waals surface area contributed by atoms with Gasteiger partial charge in [-0.3, -0.25) is 4.79 Å². The van der Waals surface area contributed by atoms with Gasteiger partial charge in [-0.25, -0.2) is 9.18 Å². The number of carboxylic acid groups (broad SMARTS) is 1. The lowest BCUT2D eigenvalue weighted by molar-refractivity contribution is -0.133. The maximum Gasteiger partial charge on any atom is 0.331 e. The van der Waals surface area contributed by atoms with Gasteiger partial charge in [-0.2, -0.15) is 0 Å². The van der Waals surface area contributed by atoms with Crippen molar-refractivity contribution >= 4 is 11.8 Å². The highest BCUT2D eigenvalue weighted by molar-refractivity contribution is 6.14. The van der Waals surface area contributed by atoms with Gasteiger partial charge in [0.05, 0.1) is 12.7 Å². The molecule has 0 saturated carbocycles. The van der Waals surface area contributed by atoms with Crippen LogP contribution in [-0.2, 0) is 4.79 Å². The molecule has 4 nitrogen and oxygen atoms in total. The third-order valence-electron chi connectivity index (χ3n) is 3.41. The molecular formula is C15H15FO4. The van der Waals surface area contributed by atoms with Crippen molar-refractivity contribution in [1.82, 2.24) is 0 Å². The second kappa shape index (κ2) is 5.86. The zero-order valence-corrected chi connectivity index (χ0v) is 11.1. The second-order valence-electron chi connectivity index (χ2n) is 4.64. The minimum atomic E-state index is -1.08. The van der Waals surface area contributed by atoms with Crippen LogP contribution in [0.2, 0.25) is 0 Å². The molecular weight excluding hydrogens is 263 g/mol. The number of carbonyl (C=O) groups excluding carboxylic acids is 1. The van der Waals surface area contributed by atoms with E-state index < -0.39 is 17.6 Å². The molecule has 1 aliphatic rings. The Labute approximate surface area is 115 Å². The van der Waals surface area contributed by atoms with E-state index in [0.29, 0.717) is 12.8 Å². The number of benzene rings is 1. The largest absolute Gasteiger partial charge is 0.496 e. The van der Waals surface area contributed by atoms with Crippen LogP contribution in [0.3, 0.4) is 0 Å². The summed E-state index contributed by atoms with van der Waals surface area (Å²) in [4.78, 5) is 23.7. The van der Waals surface area contributed by atoms with Crippen LogP contribution in [-0.4, -0.2) is 24.0 Å². The van der Waals surface area contributed by atoms with Gasteiger partial charge in [0.15, 0.2) is 5.78 Å². The summed E-state index contributed by atoms with van der Waals surface area (Å²) < 4.78 is 18.4. The number of ether oxygens (including phenoxy) is 1. The van der Waals surface area contributed by atoms with Crippen LogP contribution in [0.5, 0.6) is 5.75 Å². The molecule has 0 fully saturated rings. The number of hydrogen-bond donors (Lipinski definition) is 1. The first-order valence-corrected chi connectivity index (χ1v) is 6.38. The molecule has 2 rings (SSSR count). The van der Waals surface area contributed by atoms with Gasteiger partial charge in [0, 0.05) is 11.1 Å². The Morgan fingerprint density at radius 2 is 1.85 bits per heavy atom. The molecule has 0 unspecified atom stereocenters. The molecule has 0 amide bonds. The Morgan fingerprint density at radius 3 is 2.45 bits per heavy atom. The van der Waals surface area contributed by atoms with E-state index >= 15 is 0 Å². The van der Waals surface area contributed by atoms with Gasteiger partial charge in [0.1, 0.15) is 11.6 Å². The van der Waals surface area contributed by atoms with Crippen LogP contribution in [0.25, 0.3) is 0 Å². The van der Waals surface area contributed by atoms with Crippen molar-refractivity contribution in [1.29, 1.82) is 0 Å². The van der Waals surface area contributed by atoms with Crippen LogP contribution >= 0.6 is 0 Å². The molecule has 0 aromatic heterocycles. The maximum atomic E-state index is 13.3. The number of hydrogen-bond acceptors (Lipinski definition) is 3. The van der Waals surface area contributed by atoms with Crippen molar-refractivity contribution in [3.63, 3.8) is 0 Å². The van der Waals surface area contributed by atoms with Gasteiger partial charge in [-0.05, 0) is 43.9 Å². The first-order chi connectivity index (χ1) is 9.54. The first-order valence-electron chi connectivity index (χ1n) is 6.38. The Bertz CT molecular complexity index is 590. The summed E-state index contributed by atoms with van der Waals surface area (Å²) in [7, 11) is 1.39. The van der Waals surface area contributed by atoms with Crippen molar-refractivity contribution in [2.24, 2.45) is 0 Å². The highest BCUT2D eigenvalue weighted by Crippen LogP contribution is 2.30. The fourth-order valence-corrected chi connectivity index (χ4v) is 2.41. The second-order valence-corrected chi connectivity index (χ2v) is 4.64. The number of Topliss-reactive ketones (excluding diaryl/α,β-unsaturated/α-hetero) is 1. The van der Waals surface area contributed by atoms with Gasteiger partial charge < -0.3 is 9.84 Å². The van der Waals surface area contributed by atoms with E-state index in [9.17, 15) is 19.1 Å². The van der Waals surface area contributed by atoms with E-state index in [0.717, 1.165) is 18.9 Å². The van der Waals surface area contributed by atoms with E-state index in [-0.39, 0.29) is 22.5 Å². The van der Waals surface area contributed by atoms with Crippen molar-refractivity contribution in [2.75, 3.05) is 7.11 Å². The zero-order valence-electron chi connectivity index (χ0n) is 11.1. The Morgan fingerprint density at radius 1 is 1.20 bits per heavy atom. The van der Waals surface area contributed by atoms with Gasteiger partial charge in [0.2, 0.25) is 0 Å². The lowest BCUT2D eigenvalue weighted by Crippen LogP contribution is -2.16. The van der Waals surface area contributed by atoms with Gasteiger partial charge >= 0.3 is 5.97 Å². The third kappa shape index (κ3) is 2.71. The molecule has 0 heterocycles. The molecule has 0 bridgehead atoms. The average Bonchev–Trinajstić information content (AvgIpc) is 2.46. The van der Waals surface area contributed by atoms with Crippen LogP contribution in [0, 0.1) is 5.82 Å². The van der Waals surface area contributed by atoms with E-state index in [1.54, 1.807) is 0 Å². The Hall–Kier alpha value is -2.17. The number of aliphatic carboxylic acids is 1. The minimum absolute atomic E-state index is 0.0724. The molecule has 0 atom stereocenters. The number of halogens is 1. The lowest BCUT2D eigenvalue weighted by atomic mass is 9.87. The minimum Gasteiger partial charge on any atom is -0.496 e. The van der Waals surface area contributed by atoms with Crippen molar-refractivity contribution in [3.05, 3.63) is 40.7 Å². The number of carboxylic acids is 1. The molecule has 0 saturated heterocycles. The summed E-state index contributed by atoms with van der Waals surface area (Å²) in [6, 6.07) is 3.65. The SMILES string of the molecule is COc1ccc(F)cc1C(=O)C1=C(C(=O)O)CCCC1. The molecule has 106 valence electrons. The van der Waals surface area contributed by atoms with Crippen molar-refractivity contribution < 1.29 is 23.8 Å². The number of methoxy groups -OCH3 is 1. The molecule has 0 aliphatic heterocycles. The number of allylic oxidation sites excluding steroid dienone is 1. The van der Waals surface area contributed by atoms with Gasteiger partial charge in [-0.1, -0.05) is 0 Å². The summed E-state index contributed by atoms with van der Waals surface area (Å²) in [5.41, 5.74) is 0.461. The van der Waals surface area contributed by atoms with Crippen LogP contribution in [0.1, 0.15) is 36.0 Å². The predicted octanol–water partition coefficient (Wildman–Crippen LogP) is 2.97. The van der Waals surface area contributed by atoms with Crippen molar-refractivity contribution in [2.45, 2.75) is 25.7 Å². The standard InChI is InChI=1S/C15H15FO4/c1-20-13-7-6-9(16)8-12(13)14(17)10-4-2-3-5-11(10)15(18)19/h6-8H,2-5H2,1H3,(H,18,19). The summed E-state index contributed by atoms with van der Waals surface area (Å²) in [5.74, 6) is -1.84. The number of ketones is 1. The quantitative estimate of drug-likeness (QED) is 0.860. The van der Waals surface area contributed by atoms with Crippen LogP contribution < -0.4 is 4.74 Å². The van der Waals surface area contributed by atoms with Crippen LogP contribution in [0.4, 0.5) is 4.39 Å². The van der Waals surface area contributed by atoms with E-state index in [4.69, 9.17) is 4.74 Å². The van der Waals surface area contributed by atoms with E-state index in [1.165, 1.54) is 19.2 Å². The summed E-state index contributed by atoms with van der Waals surface area (Å²) in [6.45, 7) is 0.